The zero-order chi connectivity index (χ0) is 16.4. The van der Waals surface area contributed by atoms with Crippen LogP contribution >= 0.6 is 0 Å². The molecule has 1 aliphatic rings. The lowest BCUT2D eigenvalue weighted by atomic mass is 10.0. The second-order valence-electron chi connectivity index (χ2n) is 6.67. The number of carbonyl (C=O) groups excluding carboxylic acids is 1. The van der Waals surface area contributed by atoms with Crippen LogP contribution in [0.15, 0.2) is 0 Å². The van der Waals surface area contributed by atoms with E-state index in [1.54, 1.807) is 0 Å². The third kappa shape index (κ3) is 3.86. The van der Waals surface area contributed by atoms with E-state index in [0.717, 1.165) is 0 Å². The predicted molar refractivity (Wildman–Crippen MR) is 75.9 cm³/mol. The summed E-state index contributed by atoms with van der Waals surface area (Å²) in [4.78, 5) is 33.1. The number of aliphatic carboxylic acids is 2. The van der Waals surface area contributed by atoms with Gasteiger partial charge in [-0.15, -0.1) is 0 Å². The first-order valence-electron chi connectivity index (χ1n) is 6.99. The number of carboxylic acid groups (broad SMARTS) is 2. The molecule has 21 heavy (non-hydrogen) atoms. The normalized spacial score (nSPS) is 20.4. The highest BCUT2D eigenvalue weighted by molar-refractivity contribution is 5.83. The van der Waals surface area contributed by atoms with Crippen molar-refractivity contribution in [1.29, 1.82) is 0 Å². The van der Waals surface area contributed by atoms with E-state index in [2.05, 4.69) is 38.3 Å². The Labute approximate surface area is 124 Å². The summed E-state index contributed by atoms with van der Waals surface area (Å²) in [5.41, 5.74) is 0.269. The van der Waals surface area contributed by atoms with Crippen molar-refractivity contribution in [1.82, 2.24) is 10.6 Å². The van der Waals surface area contributed by atoms with Crippen molar-refractivity contribution in [2.75, 3.05) is 6.54 Å². The molecule has 0 heterocycles. The molecular formula is C14H24N2O5. The molecule has 120 valence electrons. The van der Waals surface area contributed by atoms with E-state index in [1.807, 2.05) is 0 Å². The first kappa shape index (κ1) is 17.3. The van der Waals surface area contributed by atoms with Crippen molar-refractivity contribution in [3.8, 4) is 0 Å². The lowest BCUT2D eigenvalue weighted by molar-refractivity contribution is -0.140. The topological polar surface area (TPSA) is 116 Å². The highest BCUT2D eigenvalue weighted by Crippen LogP contribution is 2.67. The number of amides is 2. The Morgan fingerprint density at radius 1 is 1.10 bits per heavy atom. The summed E-state index contributed by atoms with van der Waals surface area (Å²) in [5, 5.41) is 22.5. The monoisotopic (exact) mass is 300 g/mol. The van der Waals surface area contributed by atoms with E-state index >= 15 is 0 Å². The van der Waals surface area contributed by atoms with Gasteiger partial charge in [-0.25, -0.2) is 9.59 Å². The van der Waals surface area contributed by atoms with Crippen LogP contribution in [0.5, 0.6) is 0 Å². The molecule has 1 aliphatic carbocycles. The van der Waals surface area contributed by atoms with Crippen molar-refractivity contribution >= 4 is 18.0 Å². The summed E-state index contributed by atoms with van der Waals surface area (Å²) in [5.74, 6) is -2.00. The summed E-state index contributed by atoms with van der Waals surface area (Å²) in [6, 6.07) is -1.77. The van der Waals surface area contributed by atoms with Crippen LogP contribution in [0.4, 0.5) is 4.79 Å². The average Bonchev–Trinajstić information content (AvgIpc) is 2.72. The Bertz CT molecular complexity index is 431. The SMILES string of the molecule is CC1(C)C(CNC(=O)N[C@@H](CCC(=O)O)C(=O)O)C1(C)C. The summed E-state index contributed by atoms with van der Waals surface area (Å²) in [6.45, 7) is 8.99. The average molecular weight is 300 g/mol. The van der Waals surface area contributed by atoms with E-state index in [-0.39, 0.29) is 23.7 Å². The molecule has 0 spiro atoms. The highest BCUT2D eigenvalue weighted by atomic mass is 16.4. The van der Waals surface area contributed by atoms with Crippen molar-refractivity contribution in [2.45, 2.75) is 46.6 Å². The predicted octanol–water partition coefficient (Wildman–Crippen LogP) is 1.29. The molecule has 1 saturated carbocycles. The standard InChI is InChI=1S/C14H24N2O5/c1-13(2)9(14(13,3)4)7-15-12(21)16-8(11(19)20)5-6-10(17)18/h8-9H,5-7H2,1-4H3,(H,17,18)(H,19,20)(H2,15,16,21)/t8-/m0/s1. The minimum Gasteiger partial charge on any atom is -0.481 e. The molecule has 0 unspecified atom stereocenters. The van der Waals surface area contributed by atoms with Crippen LogP contribution in [0.2, 0.25) is 0 Å². The summed E-state index contributed by atoms with van der Waals surface area (Å²) in [7, 11) is 0. The Balaban J connectivity index is 2.41. The second-order valence-corrected chi connectivity index (χ2v) is 6.67. The Morgan fingerprint density at radius 2 is 1.62 bits per heavy atom. The third-order valence-corrected chi connectivity index (χ3v) is 5.04. The maximum atomic E-state index is 11.7. The van der Waals surface area contributed by atoms with E-state index in [0.29, 0.717) is 12.5 Å². The van der Waals surface area contributed by atoms with Crippen LogP contribution in [0.3, 0.4) is 0 Å². The van der Waals surface area contributed by atoms with Crippen molar-refractivity contribution in [3.63, 3.8) is 0 Å². The molecule has 0 aromatic carbocycles. The summed E-state index contributed by atoms with van der Waals surface area (Å²) >= 11 is 0. The maximum Gasteiger partial charge on any atom is 0.326 e. The van der Waals surface area contributed by atoms with Gasteiger partial charge in [-0.1, -0.05) is 27.7 Å². The molecule has 1 rings (SSSR count). The van der Waals surface area contributed by atoms with Gasteiger partial charge >= 0.3 is 18.0 Å². The van der Waals surface area contributed by atoms with Gasteiger partial charge in [-0.3, -0.25) is 4.79 Å². The van der Waals surface area contributed by atoms with Gasteiger partial charge in [0, 0.05) is 13.0 Å². The molecule has 0 aromatic rings. The van der Waals surface area contributed by atoms with E-state index in [1.165, 1.54) is 0 Å². The lowest BCUT2D eigenvalue weighted by Crippen LogP contribution is -2.46. The number of carboxylic acids is 2. The third-order valence-electron chi connectivity index (χ3n) is 5.04. The van der Waals surface area contributed by atoms with Crippen LogP contribution in [-0.4, -0.2) is 40.8 Å². The fraction of sp³-hybridized carbons (Fsp3) is 0.786. The molecule has 0 aliphatic heterocycles. The molecule has 7 nitrogen and oxygen atoms in total. The number of hydrogen-bond acceptors (Lipinski definition) is 3. The number of carbonyl (C=O) groups is 3. The first-order chi connectivity index (χ1) is 9.50. The van der Waals surface area contributed by atoms with Gasteiger partial charge in [0.15, 0.2) is 0 Å². The molecule has 1 atom stereocenters. The largest absolute Gasteiger partial charge is 0.481 e. The molecule has 2 amide bonds. The number of nitrogens with one attached hydrogen (secondary N) is 2. The molecule has 0 aromatic heterocycles. The quantitative estimate of drug-likeness (QED) is 0.565. The fourth-order valence-electron chi connectivity index (χ4n) is 2.77. The van der Waals surface area contributed by atoms with Gasteiger partial charge in [0.1, 0.15) is 6.04 Å². The van der Waals surface area contributed by atoms with Crippen LogP contribution in [0.25, 0.3) is 0 Å². The Kier molecular flexibility index (Phi) is 4.86. The highest BCUT2D eigenvalue weighted by Gasteiger charge is 2.64. The van der Waals surface area contributed by atoms with Gasteiger partial charge in [-0.2, -0.15) is 0 Å². The second kappa shape index (κ2) is 5.91. The zero-order valence-electron chi connectivity index (χ0n) is 12.9. The minimum absolute atomic E-state index is 0.135. The molecule has 1 fully saturated rings. The van der Waals surface area contributed by atoms with Crippen molar-refractivity contribution in [2.24, 2.45) is 16.7 Å². The molecule has 0 bridgehead atoms. The van der Waals surface area contributed by atoms with Gasteiger partial charge in [-0.05, 0) is 23.2 Å². The van der Waals surface area contributed by atoms with Gasteiger partial charge in [0.25, 0.3) is 0 Å². The molecular weight excluding hydrogens is 276 g/mol. The van der Waals surface area contributed by atoms with Crippen LogP contribution in [0.1, 0.15) is 40.5 Å². The lowest BCUT2D eigenvalue weighted by Gasteiger charge is -2.14. The first-order valence-corrected chi connectivity index (χ1v) is 6.99. The molecule has 0 radical (unpaired) electrons. The van der Waals surface area contributed by atoms with Crippen molar-refractivity contribution < 1.29 is 24.6 Å². The smallest absolute Gasteiger partial charge is 0.326 e. The number of rotatable bonds is 7. The molecule has 0 saturated heterocycles. The van der Waals surface area contributed by atoms with Gasteiger partial charge in [0.2, 0.25) is 0 Å². The maximum absolute atomic E-state index is 11.7. The van der Waals surface area contributed by atoms with E-state index in [9.17, 15) is 14.4 Å². The van der Waals surface area contributed by atoms with Gasteiger partial charge < -0.3 is 20.8 Å². The van der Waals surface area contributed by atoms with Crippen LogP contribution in [0, 0.1) is 16.7 Å². The minimum atomic E-state index is -1.24. The van der Waals surface area contributed by atoms with Crippen LogP contribution < -0.4 is 10.6 Å². The number of urea groups is 1. The fourth-order valence-corrected chi connectivity index (χ4v) is 2.77. The molecule has 7 heteroatoms. The zero-order valence-corrected chi connectivity index (χ0v) is 12.9. The Hall–Kier alpha value is -1.79. The number of hydrogen-bond donors (Lipinski definition) is 4. The van der Waals surface area contributed by atoms with Crippen LogP contribution in [-0.2, 0) is 9.59 Å². The summed E-state index contributed by atoms with van der Waals surface area (Å²) in [6.07, 6.45) is -0.446. The van der Waals surface area contributed by atoms with Crippen molar-refractivity contribution in [3.05, 3.63) is 0 Å². The summed E-state index contributed by atoms with van der Waals surface area (Å²) < 4.78 is 0. The van der Waals surface area contributed by atoms with Gasteiger partial charge in [0.05, 0.1) is 0 Å². The van der Waals surface area contributed by atoms with E-state index in [4.69, 9.17) is 10.2 Å². The Morgan fingerprint density at radius 3 is 2.00 bits per heavy atom. The van der Waals surface area contributed by atoms with E-state index < -0.39 is 24.0 Å². The molecule has 4 N–H and O–H groups in total.